The first-order valence-electron chi connectivity index (χ1n) is 6.13. The second kappa shape index (κ2) is 7.17. The second-order valence-electron chi connectivity index (χ2n) is 4.64. The minimum absolute atomic E-state index is 0.409. The van der Waals surface area contributed by atoms with Crippen molar-refractivity contribution in [3.05, 3.63) is 0 Å². The normalized spacial score (nSPS) is 22.3. The molecular weight excluding hydrogens is 220 g/mol. The Labute approximate surface area is 103 Å². The quantitative estimate of drug-likeness (QED) is 0.779. The highest BCUT2D eigenvalue weighted by Crippen LogP contribution is 2.22. The van der Waals surface area contributed by atoms with Crippen LogP contribution in [0.2, 0.25) is 0 Å². The summed E-state index contributed by atoms with van der Waals surface area (Å²) >= 11 is 1.84. The fourth-order valence-corrected chi connectivity index (χ4v) is 2.98. The molecule has 2 unspecified atom stereocenters. The molecule has 0 fully saturated rings. The summed E-state index contributed by atoms with van der Waals surface area (Å²) in [7, 11) is 1.75. The van der Waals surface area contributed by atoms with Crippen molar-refractivity contribution in [3.63, 3.8) is 0 Å². The summed E-state index contributed by atoms with van der Waals surface area (Å²) in [5, 5.41) is 4.60. The van der Waals surface area contributed by atoms with Crippen molar-refractivity contribution in [2.45, 2.75) is 45.7 Å². The molecule has 0 aromatic heterocycles. The summed E-state index contributed by atoms with van der Waals surface area (Å²) in [6.45, 7) is 7.43. The highest BCUT2D eigenvalue weighted by molar-refractivity contribution is 8.14. The van der Waals surface area contributed by atoms with E-state index in [0.717, 1.165) is 23.9 Å². The van der Waals surface area contributed by atoms with Gasteiger partial charge in [-0.05, 0) is 12.3 Å². The van der Waals surface area contributed by atoms with E-state index in [1.807, 2.05) is 11.8 Å². The molecule has 3 nitrogen and oxygen atoms in total. The van der Waals surface area contributed by atoms with Gasteiger partial charge in [-0.25, -0.2) is 0 Å². The maximum Gasteiger partial charge on any atom is 0.157 e. The lowest BCUT2D eigenvalue weighted by atomic mass is 10.1. The lowest BCUT2D eigenvalue weighted by molar-refractivity contribution is 0.170. The molecule has 1 aliphatic rings. The zero-order valence-electron chi connectivity index (χ0n) is 10.8. The van der Waals surface area contributed by atoms with Gasteiger partial charge in [-0.15, -0.1) is 0 Å². The molecule has 0 amide bonds. The summed E-state index contributed by atoms with van der Waals surface area (Å²) < 4.78 is 5.21. The molecule has 0 spiro atoms. The van der Waals surface area contributed by atoms with Gasteiger partial charge in [-0.3, -0.25) is 4.99 Å². The molecule has 16 heavy (non-hydrogen) atoms. The van der Waals surface area contributed by atoms with E-state index in [1.165, 1.54) is 6.42 Å². The number of methoxy groups -OCH3 is 1. The molecule has 0 aliphatic carbocycles. The molecule has 1 rings (SSSR count). The lowest BCUT2D eigenvalue weighted by Gasteiger charge is -2.17. The highest BCUT2D eigenvalue weighted by Gasteiger charge is 2.22. The summed E-state index contributed by atoms with van der Waals surface area (Å²) in [6.07, 6.45) is 2.31. The molecule has 94 valence electrons. The van der Waals surface area contributed by atoms with Gasteiger partial charge in [-0.1, -0.05) is 39.0 Å². The molecule has 0 aromatic rings. The van der Waals surface area contributed by atoms with Crippen molar-refractivity contribution in [3.8, 4) is 0 Å². The predicted molar refractivity (Wildman–Crippen MR) is 72.2 cm³/mol. The fourth-order valence-electron chi connectivity index (χ4n) is 1.73. The van der Waals surface area contributed by atoms with Gasteiger partial charge >= 0.3 is 0 Å². The number of nitrogens with zero attached hydrogens (tertiary/aromatic N) is 1. The van der Waals surface area contributed by atoms with Crippen LogP contribution in [0.4, 0.5) is 0 Å². The van der Waals surface area contributed by atoms with E-state index in [-0.39, 0.29) is 0 Å². The Morgan fingerprint density at radius 3 is 2.81 bits per heavy atom. The first kappa shape index (κ1) is 13.8. The van der Waals surface area contributed by atoms with Crippen LogP contribution in [0.3, 0.4) is 0 Å². The summed E-state index contributed by atoms with van der Waals surface area (Å²) in [6, 6.07) is 0.893. The maximum atomic E-state index is 5.21. The van der Waals surface area contributed by atoms with Crippen LogP contribution in [0.1, 0.15) is 33.6 Å². The molecule has 1 N–H and O–H groups in total. The number of ether oxygens (including phenoxy) is 1. The van der Waals surface area contributed by atoms with Crippen molar-refractivity contribution in [2.24, 2.45) is 10.9 Å². The van der Waals surface area contributed by atoms with E-state index in [9.17, 15) is 0 Å². The van der Waals surface area contributed by atoms with E-state index in [0.29, 0.717) is 18.0 Å². The van der Waals surface area contributed by atoms with E-state index in [4.69, 9.17) is 9.73 Å². The summed E-state index contributed by atoms with van der Waals surface area (Å²) in [5.41, 5.74) is 0. The SMILES string of the molecule is CCCC(COC)NC1=NC(C(C)C)CS1. The van der Waals surface area contributed by atoms with Gasteiger partial charge in [0.05, 0.1) is 18.7 Å². The Morgan fingerprint density at radius 1 is 1.56 bits per heavy atom. The van der Waals surface area contributed by atoms with Crippen LogP contribution in [-0.2, 0) is 4.74 Å². The Morgan fingerprint density at radius 2 is 2.31 bits per heavy atom. The van der Waals surface area contributed by atoms with Gasteiger partial charge in [-0.2, -0.15) is 0 Å². The van der Waals surface area contributed by atoms with Crippen molar-refractivity contribution >= 4 is 16.9 Å². The maximum absolute atomic E-state index is 5.21. The first-order valence-corrected chi connectivity index (χ1v) is 7.12. The van der Waals surface area contributed by atoms with Crippen LogP contribution in [0.25, 0.3) is 0 Å². The molecule has 0 saturated heterocycles. The number of amidine groups is 1. The minimum atomic E-state index is 0.409. The molecule has 4 heteroatoms. The van der Waals surface area contributed by atoms with Crippen LogP contribution in [-0.4, -0.2) is 36.7 Å². The minimum Gasteiger partial charge on any atom is -0.383 e. The zero-order valence-corrected chi connectivity index (χ0v) is 11.6. The molecule has 1 heterocycles. The first-order chi connectivity index (χ1) is 7.67. The monoisotopic (exact) mass is 244 g/mol. The van der Waals surface area contributed by atoms with Gasteiger partial charge in [0, 0.05) is 12.9 Å². The molecular formula is C12H24N2OS. The predicted octanol–water partition coefficient (Wildman–Crippen LogP) is 2.52. The summed E-state index contributed by atoms with van der Waals surface area (Å²) in [4.78, 5) is 4.70. The number of hydrogen-bond acceptors (Lipinski definition) is 4. The number of aliphatic imine (C=N–C) groups is 1. The highest BCUT2D eigenvalue weighted by atomic mass is 32.2. The van der Waals surface area contributed by atoms with Crippen LogP contribution < -0.4 is 5.32 Å². The van der Waals surface area contributed by atoms with Crippen LogP contribution >= 0.6 is 11.8 Å². The third-order valence-corrected chi connectivity index (χ3v) is 3.78. The van der Waals surface area contributed by atoms with Crippen LogP contribution in [0.5, 0.6) is 0 Å². The van der Waals surface area contributed by atoms with E-state index >= 15 is 0 Å². The molecule has 0 aromatic carbocycles. The molecule has 2 atom stereocenters. The smallest absolute Gasteiger partial charge is 0.157 e. The number of rotatable bonds is 6. The topological polar surface area (TPSA) is 33.6 Å². The third kappa shape index (κ3) is 4.34. The van der Waals surface area contributed by atoms with Gasteiger partial charge in [0.25, 0.3) is 0 Å². The van der Waals surface area contributed by atoms with Gasteiger partial charge in [0.1, 0.15) is 0 Å². The van der Waals surface area contributed by atoms with Crippen LogP contribution in [0.15, 0.2) is 4.99 Å². The molecule has 1 aliphatic heterocycles. The largest absolute Gasteiger partial charge is 0.383 e. The molecule has 0 radical (unpaired) electrons. The van der Waals surface area contributed by atoms with Crippen molar-refractivity contribution < 1.29 is 4.74 Å². The lowest BCUT2D eigenvalue weighted by Crippen LogP contribution is -2.36. The van der Waals surface area contributed by atoms with Crippen molar-refractivity contribution in [2.75, 3.05) is 19.5 Å². The number of nitrogens with one attached hydrogen (secondary N) is 1. The van der Waals surface area contributed by atoms with Gasteiger partial charge in [0.15, 0.2) is 5.17 Å². The van der Waals surface area contributed by atoms with Crippen LogP contribution in [0, 0.1) is 5.92 Å². The number of thioether (sulfide) groups is 1. The zero-order chi connectivity index (χ0) is 12.0. The molecule has 0 saturated carbocycles. The Kier molecular flexibility index (Phi) is 6.21. The van der Waals surface area contributed by atoms with E-state index < -0.39 is 0 Å². The Hall–Kier alpha value is -0.220. The van der Waals surface area contributed by atoms with Crippen molar-refractivity contribution in [1.82, 2.24) is 5.32 Å². The van der Waals surface area contributed by atoms with E-state index in [2.05, 4.69) is 26.1 Å². The van der Waals surface area contributed by atoms with Crippen molar-refractivity contribution in [1.29, 1.82) is 0 Å². The second-order valence-corrected chi connectivity index (χ2v) is 5.65. The van der Waals surface area contributed by atoms with Gasteiger partial charge < -0.3 is 10.1 Å². The average molecular weight is 244 g/mol. The Bertz CT molecular complexity index is 225. The Balaban J connectivity index is 2.42. The average Bonchev–Trinajstić information content (AvgIpc) is 2.67. The van der Waals surface area contributed by atoms with E-state index in [1.54, 1.807) is 7.11 Å². The third-order valence-electron chi connectivity index (χ3n) is 2.78. The fraction of sp³-hybridized carbons (Fsp3) is 0.917. The standard InChI is InChI=1S/C12H24N2OS/c1-5-6-10(7-15-4)13-12-14-11(8-16-12)9(2)3/h9-11H,5-8H2,1-4H3,(H,13,14). The number of hydrogen-bond donors (Lipinski definition) is 1. The van der Waals surface area contributed by atoms with Gasteiger partial charge in [0.2, 0.25) is 0 Å². The summed E-state index contributed by atoms with van der Waals surface area (Å²) in [5.74, 6) is 1.75. The molecule has 0 bridgehead atoms.